The van der Waals surface area contributed by atoms with E-state index in [1.165, 1.54) is 6.33 Å². The highest BCUT2D eigenvalue weighted by atomic mass is 16.6. The van der Waals surface area contributed by atoms with E-state index >= 15 is 0 Å². The van der Waals surface area contributed by atoms with Crippen molar-refractivity contribution in [2.24, 2.45) is 0 Å². The number of nitrogens with one attached hydrogen (secondary N) is 1. The lowest BCUT2D eigenvalue weighted by molar-refractivity contribution is -0.0219. The third kappa shape index (κ3) is 1.78. The fourth-order valence-electron chi connectivity index (χ4n) is 2.36. The van der Waals surface area contributed by atoms with Gasteiger partial charge in [0.25, 0.3) is 0 Å². The zero-order chi connectivity index (χ0) is 13.6. The van der Waals surface area contributed by atoms with E-state index in [0.717, 1.165) is 0 Å². The van der Waals surface area contributed by atoms with Crippen molar-refractivity contribution >= 4 is 17.3 Å². The normalized spacial score (nSPS) is 33.3. The van der Waals surface area contributed by atoms with Gasteiger partial charge in [0, 0.05) is 0 Å². The van der Waals surface area contributed by atoms with Crippen LogP contribution < -0.4 is 16.0 Å². The van der Waals surface area contributed by atoms with Crippen molar-refractivity contribution < 1.29 is 20.1 Å². The van der Waals surface area contributed by atoms with E-state index in [2.05, 4.69) is 15.3 Å². The van der Waals surface area contributed by atoms with Crippen molar-refractivity contribution in [2.45, 2.75) is 24.5 Å². The van der Waals surface area contributed by atoms with E-state index in [9.17, 15) is 10.2 Å². The van der Waals surface area contributed by atoms with Crippen LogP contribution >= 0.6 is 0 Å². The molecule has 0 amide bonds. The first-order valence-electron chi connectivity index (χ1n) is 5.87. The van der Waals surface area contributed by atoms with Crippen molar-refractivity contribution in [1.29, 1.82) is 0 Å². The summed E-state index contributed by atoms with van der Waals surface area (Å²) in [7, 11) is 0. The Morgan fingerprint density at radius 2 is 2.21 bits per heavy atom. The first-order chi connectivity index (χ1) is 9.13. The van der Waals surface area contributed by atoms with Crippen LogP contribution in [0.3, 0.4) is 0 Å². The number of aliphatic hydroxyl groups excluding tert-OH is 3. The molecule has 0 bridgehead atoms. The molecular formula is C10H15N5O4. The SMILES string of the molecule is Nc1ncnc2c1NCN2[C@@H]1O[C@H](CO)[C@@H](O)[C@H]1O. The second kappa shape index (κ2) is 4.46. The molecule has 0 saturated carbocycles. The van der Waals surface area contributed by atoms with Crippen LogP contribution in [-0.4, -0.2) is 63.1 Å². The van der Waals surface area contributed by atoms with Gasteiger partial charge in [-0.05, 0) is 0 Å². The fraction of sp³-hybridized carbons (Fsp3) is 0.600. The highest BCUT2D eigenvalue weighted by Gasteiger charge is 2.47. The summed E-state index contributed by atoms with van der Waals surface area (Å²) < 4.78 is 5.45. The molecule has 0 unspecified atom stereocenters. The van der Waals surface area contributed by atoms with Crippen LogP contribution in [0.4, 0.5) is 17.3 Å². The van der Waals surface area contributed by atoms with Gasteiger partial charge in [-0.2, -0.15) is 0 Å². The molecule has 9 heteroatoms. The average molecular weight is 269 g/mol. The minimum atomic E-state index is -1.14. The molecule has 1 aromatic rings. The van der Waals surface area contributed by atoms with E-state index < -0.39 is 24.5 Å². The number of aliphatic hydroxyl groups is 3. The number of hydrogen-bond acceptors (Lipinski definition) is 9. The van der Waals surface area contributed by atoms with Crippen LogP contribution in [0.1, 0.15) is 0 Å². The van der Waals surface area contributed by atoms with Crippen LogP contribution in [0, 0.1) is 0 Å². The molecule has 2 aliphatic rings. The summed E-state index contributed by atoms with van der Waals surface area (Å²) in [6.45, 7) is -0.0421. The molecule has 0 aromatic carbocycles. The van der Waals surface area contributed by atoms with Crippen molar-refractivity contribution in [2.75, 3.05) is 29.2 Å². The fourth-order valence-corrected chi connectivity index (χ4v) is 2.36. The standard InChI is InChI=1S/C10H15N5O4/c11-8-5-9(13-2-12-8)15(3-14-5)10-7(18)6(17)4(1-16)19-10/h2,4,6-7,10,14,16-18H,1,3H2,(H2,11,12,13)/t4-,6-,7-,10-/m1/s1. The van der Waals surface area contributed by atoms with Crippen LogP contribution in [0.15, 0.2) is 6.33 Å². The molecule has 4 atom stereocenters. The van der Waals surface area contributed by atoms with E-state index in [-0.39, 0.29) is 6.61 Å². The van der Waals surface area contributed by atoms with Crippen molar-refractivity contribution in [1.82, 2.24) is 9.97 Å². The molecule has 0 radical (unpaired) electrons. The Balaban J connectivity index is 1.88. The zero-order valence-electron chi connectivity index (χ0n) is 9.97. The third-order valence-corrected chi connectivity index (χ3v) is 3.38. The molecule has 19 heavy (non-hydrogen) atoms. The van der Waals surface area contributed by atoms with E-state index in [4.69, 9.17) is 15.6 Å². The Morgan fingerprint density at radius 1 is 1.42 bits per heavy atom. The largest absolute Gasteiger partial charge is 0.394 e. The molecule has 9 nitrogen and oxygen atoms in total. The first-order valence-corrected chi connectivity index (χ1v) is 5.87. The Bertz CT molecular complexity index is 487. The van der Waals surface area contributed by atoms with E-state index in [1.807, 2.05) is 0 Å². The number of fused-ring (bicyclic) bond motifs is 1. The van der Waals surface area contributed by atoms with Gasteiger partial charge in [-0.25, -0.2) is 9.97 Å². The second-order valence-corrected chi connectivity index (χ2v) is 4.49. The minimum absolute atomic E-state index is 0.305. The summed E-state index contributed by atoms with van der Waals surface area (Å²) in [6.07, 6.45) is -2.58. The van der Waals surface area contributed by atoms with Gasteiger partial charge in [-0.15, -0.1) is 0 Å². The van der Waals surface area contributed by atoms with Gasteiger partial charge in [0.1, 0.15) is 30.3 Å². The van der Waals surface area contributed by atoms with Gasteiger partial charge in [-0.3, -0.25) is 0 Å². The Labute approximate surface area is 108 Å². The highest BCUT2D eigenvalue weighted by molar-refractivity contribution is 5.80. The molecule has 1 fully saturated rings. The predicted molar refractivity (Wildman–Crippen MR) is 65.2 cm³/mol. The number of hydrogen-bond donors (Lipinski definition) is 5. The van der Waals surface area contributed by atoms with Gasteiger partial charge in [-0.1, -0.05) is 0 Å². The maximum atomic E-state index is 9.98. The molecule has 1 saturated heterocycles. The van der Waals surface area contributed by atoms with Gasteiger partial charge in [0.05, 0.1) is 13.3 Å². The Kier molecular flexibility index (Phi) is 2.90. The van der Waals surface area contributed by atoms with Gasteiger partial charge in [0.15, 0.2) is 17.9 Å². The monoisotopic (exact) mass is 269 g/mol. The second-order valence-electron chi connectivity index (χ2n) is 4.49. The van der Waals surface area contributed by atoms with Gasteiger partial charge >= 0.3 is 0 Å². The molecule has 104 valence electrons. The Hall–Kier alpha value is -1.68. The number of ether oxygens (including phenoxy) is 1. The summed E-state index contributed by atoms with van der Waals surface area (Å²) in [4.78, 5) is 9.59. The van der Waals surface area contributed by atoms with E-state index in [0.29, 0.717) is 24.0 Å². The summed E-state index contributed by atoms with van der Waals surface area (Å²) >= 11 is 0. The molecule has 6 N–H and O–H groups in total. The lowest BCUT2D eigenvalue weighted by Crippen LogP contribution is -2.44. The lowest BCUT2D eigenvalue weighted by Gasteiger charge is -2.26. The van der Waals surface area contributed by atoms with Crippen LogP contribution in [-0.2, 0) is 4.74 Å². The summed E-state index contributed by atoms with van der Waals surface area (Å²) in [5.74, 6) is 0.807. The molecule has 1 aromatic heterocycles. The summed E-state index contributed by atoms with van der Waals surface area (Å²) in [6, 6.07) is 0. The Morgan fingerprint density at radius 3 is 2.89 bits per heavy atom. The number of nitrogens with two attached hydrogens (primary N) is 1. The number of nitrogen functional groups attached to an aromatic ring is 1. The first kappa shape index (κ1) is 12.4. The molecule has 3 heterocycles. The predicted octanol–water partition coefficient (Wildman–Crippen LogP) is -2.31. The number of anilines is 3. The van der Waals surface area contributed by atoms with Gasteiger partial charge in [0.2, 0.25) is 0 Å². The number of aromatic nitrogens is 2. The van der Waals surface area contributed by atoms with Crippen LogP contribution in [0.25, 0.3) is 0 Å². The maximum Gasteiger partial charge on any atom is 0.162 e. The molecule has 3 rings (SSSR count). The molecule has 0 spiro atoms. The minimum Gasteiger partial charge on any atom is -0.394 e. The van der Waals surface area contributed by atoms with Crippen molar-refractivity contribution in [3.05, 3.63) is 6.33 Å². The number of rotatable bonds is 2. The van der Waals surface area contributed by atoms with Crippen LogP contribution in [0.5, 0.6) is 0 Å². The third-order valence-electron chi connectivity index (χ3n) is 3.38. The zero-order valence-corrected chi connectivity index (χ0v) is 9.97. The maximum absolute atomic E-state index is 9.98. The van der Waals surface area contributed by atoms with E-state index in [1.54, 1.807) is 4.90 Å². The van der Waals surface area contributed by atoms with Crippen molar-refractivity contribution in [3.8, 4) is 0 Å². The number of nitrogens with zero attached hydrogens (tertiary/aromatic N) is 3. The molecule has 2 aliphatic heterocycles. The van der Waals surface area contributed by atoms with Crippen molar-refractivity contribution in [3.63, 3.8) is 0 Å². The van der Waals surface area contributed by atoms with Crippen LogP contribution in [0.2, 0.25) is 0 Å². The topological polar surface area (TPSA) is 137 Å². The summed E-state index contributed by atoms with van der Waals surface area (Å²) in [5.41, 5.74) is 6.28. The lowest BCUT2D eigenvalue weighted by atomic mass is 10.1. The average Bonchev–Trinajstić information content (AvgIpc) is 2.94. The molecule has 0 aliphatic carbocycles. The molecular weight excluding hydrogens is 254 g/mol. The smallest absolute Gasteiger partial charge is 0.162 e. The quantitative estimate of drug-likeness (QED) is 0.401. The van der Waals surface area contributed by atoms with Gasteiger partial charge < -0.3 is 36.0 Å². The summed E-state index contributed by atoms with van der Waals surface area (Å²) in [5, 5.41) is 31.8. The highest BCUT2D eigenvalue weighted by Crippen LogP contribution is 2.36.